The van der Waals surface area contributed by atoms with Crippen molar-refractivity contribution in [2.45, 2.75) is 160 Å². The minimum absolute atomic E-state index is 0.0319. The number of rotatable bonds is 11. The molecule has 5 rings (SSSR count). The molecule has 2 saturated carbocycles. The van der Waals surface area contributed by atoms with Crippen molar-refractivity contribution >= 4 is 35.8 Å². The van der Waals surface area contributed by atoms with Crippen molar-refractivity contribution in [3.63, 3.8) is 0 Å². The smallest absolute Gasteiger partial charge is 0.411 e. The number of hydrogen-bond acceptors (Lipinski definition) is 15. The summed E-state index contributed by atoms with van der Waals surface area (Å²) in [6.45, 7) is 12.1. The second kappa shape index (κ2) is 17.2. The van der Waals surface area contributed by atoms with Crippen LogP contribution in [0, 0.1) is 16.7 Å². The van der Waals surface area contributed by atoms with Crippen molar-refractivity contribution in [2.24, 2.45) is 16.7 Å². The number of ether oxygens (including phenoxy) is 6. The fourth-order valence-corrected chi connectivity index (χ4v) is 9.48. The maximum atomic E-state index is 15.6. The third-order valence-electron chi connectivity index (χ3n) is 12.7. The molecule has 1 saturated heterocycles. The zero-order valence-electron chi connectivity index (χ0n) is 36.1. The number of unbranched alkanes of at least 4 members (excludes halogenated alkanes) is 1. The van der Waals surface area contributed by atoms with Gasteiger partial charge in [0, 0.05) is 31.6 Å². The van der Waals surface area contributed by atoms with Gasteiger partial charge < -0.3 is 49.1 Å². The van der Waals surface area contributed by atoms with Crippen LogP contribution >= 0.6 is 0 Å². The van der Waals surface area contributed by atoms with E-state index in [9.17, 15) is 52.5 Å². The Kier molecular flexibility index (Phi) is 13.4. The van der Waals surface area contributed by atoms with Crippen LogP contribution in [-0.2, 0) is 47.6 Å². The molecule has 3 fully saturated rings. The van der Waals surface area contributed by atoms with Gasteiger partial charge in [-0.1, -0.05) is 45.4 Å². The number of hydrogen-bond donors (Lipinski definition) is 4. The van der Waals surface area contributed by atoms with Gasteiger partial charge in [-0.2, -0.15) is 13.2 Å². The molecule has 62 heavy (non-hydrogen) atoms. The summed E-state index contributed by atoms with van der Waals surface area (Å²) in [5.74, 6) is -7.41. The molecule has 0 radical (unpaired) electrons. The summed E-state index contributed by atoms with van der Waals surface area (Å²) in [7, 11) is 0. The number of carbonyl (C=O) groups is 6. The molecule has 1 aromatic carbocycles. The highest BCUT2D eigenvalue weighted by atomic mass is 19.4. The van der Waals surface area contributed by atoms with E-state index in [4.69, 9.17) is 28.4 Å². The predicted octanol–water partition coefficient (Wildman–Crippen LogP) is 4.19. The summed E-state index contributed by atoms with van der Waals surface area (Å²) in [4.78, 5) is 82.4. The molecule has 344 valence electrons. The SMILES string of the molecule is CCCCC(=O)O[C@H]1C(=O)[C@@]2(C)[C@H]([C@H](OC(=O)c3ccccc3)[C@]3(O)C[C@H](OC(=O)[C@H](O)[C@@H](NC(=O)OC(C)(C)C)C(F)(F)F)C(C)=C1C3(C)C)[C@]1(OC(C)=O)CO[C@@H]1C[C@@H]2O. The number of aliphatic hydroxyl groups excluding tert-OH is 2. The van der Waals surface area contributed by atoms with Crippen LogP contribution in [0.4, 0.5) is 18.0 Å². The lowest BCUT2D eigenvalue weighted by Gasteiger charge is -2.67. The number of benzene rings is 1. The Morgan fingerprint density at radius 1 is 1.02 bits per heavy atom. The molecule has 1 heterocycles. The van der Waals surface area contributed by atoms with Crippen LogP contribution in [0.25, 0.3) is 0 Å². The Morgan fingerprint density at radius 2 is 1.65 bits per heavy atom. The Bertz CT molecular complexity index is 1960. The van der Waals surface area contributed by atoms with Crippen LogP contribution < -0.4 is 5.32 Å². The number of halogens is 3. The highest BCUT2D eigenvalue weighted by Gasteiger charge is 2.78. The second-order valence-electron chi connectivity index (χ2n) is 18.3. The fourth-order valence-electron chi connectivity index (χ4n) is 9.48. The normalized spacial score (nSPS) is 32.5. The summed E-state index contributed by atoms with van der Waals surface area (Å²) < 4.78 is 77.7. The predicted molar refractivity (Wildman–Crippen MR) is 208 cm³/mol. The number of nitrogens with one attached hydrogen (secondary N) is 1. The Hall–Kier alpha value is -4.59. The van der Waals surface area contributed by atoms with E-state index in [-0.39, 0.29) is 29.6 Å². The number of alkyl carbamates (subject to hydrolysis) is 1. The molecule has 1 aliphatic heterocycles. The van der Waals surface area contributed by atoms with E-state index in [0.717, 1.165) is 6.92 Å². The van der Waals surface area contributed by atoms with Crippen molar-refractivity contribution in [1.82, 2.24) is 5.32 Å². The average molecular weight is 884 g/mol. The van der Waals surface area contributed by atoms with E-state index in [1.807, 2.05) is 0 Å². The minimum Gasteiger partial charge on any atom is -0.456 e. The third kappa shape index (κ3) is 8.69. The minimum atomic E-state index is -5.44. The van der Waals surface area contributed by atoms with Gasteiger partial charge in [0.25, 0.3) is 0 Å². The van der Waals surface area contributed by atoms with Gasteiger partial charge in [-0.3, -0.25) is 14.4 Å². The van der Waals surface area contributed by atoms with Gasteiger partial charge in [-0.15, -0.1) is 0 Å². The van der Waals surface area contributed by atoms with E-state index in [1.165, 1.54) is 78.0 Å². The van der Waals surface area contributed by atoms with Gasteiger partial charge >= 0.3 is 36.1 Å². The van der Waals surface area contributed by atoms with Crippen molar-refractivity contribution in [3.8, 4) is 0 Å². The highest BCUT2D eigenvalue weighted by Crippen LogP contribution is 2.64. The summed E-state index contributed by atoms with van der Waals surface area (Å²) >= 11 is 0. The van der Waals surface area contributed by atoms with E-state index in [2.05, 4.69) is 0 Å². The largest absolute Gasteiger partial charge is 0.456 e. The van der Waals surface area contributed by atoms with Crippen LogP contribution in [0.5, 0.6) is 0 Å². The maximum absolute atomic E-state index is 15.6. The molecule has 2 bridgehead atoms. The first-order chi connectivity index (χ1) is 28.6. The molecule has 3 aliphatic carbocycles. The monoisotopic (exact) mass is 883 g/mol. The number of carbonyl (C=O) groups excluding carboxylic acids is 6. The highest BCUT2D eigenvalue weighted by molar-refractivity contribution is 5.96. The first-order valence-electron chi connectivity index (χ1n) is 20.4. The first kappa shape index (κ1) is 48.4. The zero-order chi connectivity index (χ0) is 46.5. The number of ketones is 1. The second-order valence-corrected chi connectivity index (χ2v) is 18.3. The molecular formula is C43H56F3NO15. The van der Waals surface area contributed by atoms with Gasteiger partial charge in [-0.25, -0.2) is 14.4 Å². The Balaban J connectivity index is 1.75. The number of aliphatic hydroxyl groups is 3. The molecule has 4 aliphatic rings. The summed E-state index contributed by atoms with van der Waals surface area (Å²) in [6, 6.07) is 4.20. The lowest BCUT2D eigenvalue weighted by molar-refractivity contribution is -0.346. The molecule has 1 amide bonds. The third-order valence-corrected chi connectivity index (χ3v) is 12.7. The maximum Gasteiger partial charge on any atom is 0.411 e. The fraction of sp³-hybridized carbons (Fsp3) is 0.674. The number of esters is 4. The molecule has 0 aromatic heterocycles. The Labute approximate surface area is 356 Å². The lowest BCUT2D eigenvalue weighted by atomic mass is 9.44. The van der Waals surface area contributed by atoms with Gasteiger partial charge in [0.2, 0.25) is 0 Å². The number of fused-ring (bicyclic) bond motifs is 5. The zero-order valence-corrected chi connectivity index (χ0v) is 36.1. The van der Waals surface area contributed by atoms with E-state index >= 15 is 4.79 Å². The van der Waals surface area contributed by atoms with E-state index < -0.39 is 131 Å². The molecule has 0 unspecified atom stereocenters. The first-order valence-corrected chi connectivity index (χ1v) is 20.4. The van der Waals surface area contributed by atoms with Gasteiger partial charge in [0.05, 0.1) is 29.6 Å². The quantitative estimate of drug-likeness (QED) is 0.139. The number of alkyl halides is 3. The summed E-state index contributed by atoms with van der Waals surface area (Å²) in [5.41, 5.74) is -10.1. The van der Waals surface area contributed by atoms with Gasteiger partial charge in [0.15, 0.2) is 29.6 Å². The van der Waals surface area contributed by atoms with Crippen LogP contribution in [0.3, 0.4) is 0 Å². The van der Waals surface area contributed by atoms with Crippen molar-refractivity contribution in [2.75, 3.05) is 6.61 Å². The van der Waals surface area contributed by atoms with Crippen molar-refractivity contribution < 1.29 is 85.7 Å². The molecule has 11 atom stereocenters. The average Bonchev–Trinajstić information content (AvgIpc) is 3.16. The molecule has 16 nitrogen and oxygen atoms in total. The van der Waals surface area contributed by atoms with Gasteiger partial charge in [-0.05, 0) is 64.3 Å². The van der Waals surface area contributed by atoms with Crippen molar-refractivity contribution in [3.05, 3.63) is 47.0 Å². The van der Waals surface area contributed by atoms with Crippen LogP contribution in [0.15, 0.2) is 41.5 Å². The standard InChI is InChI=1S/C43H56F3NO15/c1-10-11-17-27(50)59-30-28-21(2)24(58-36(54)29(51)32(43(44,45)46)47-37(55)62-38(4,5)6)19-42(56,39(28,7)8)34(60-35(53)23-15-13-12-14-16-23)31-40(9,33(30)52)25(49)18-26-41(31,20-57-26)61-22(3)48/h12-16,24-26,29-32,34,49,51,56H,10-11,17-20H2,1-9H3,(H,47,55)/t24-,25-,26+,29+,30+,31-,32+,34-,40+,41-,42+/m0/s1. The summed E-state index contributed by atoms with van der Waals surface area (Å²) in [6.07, 6.45) is -19.2. The molecule has 19 heteroatoms. The number of amides is 1. The van der Waals surface area contributed by atoms with Crippen molar-refractivity contribution in [1.29, 1.82) is 0 Å². The lowest BCUT2D eigenvalue weighted by Crippen LogP contribution is -2.82. The Morgan fingerprint density at radius 3 is 2.18 bits per heavy atom. The molecule has 1 aromatic rings. The van der Waals surface area contributed by atoms with Crippen LogP contribution in [0.1, 0.15) is 105 Å². The van der Waals surface area contributed by atoms with E-state index in [1.54, 1.807) is 13.0 Å². The summed E-state index contributed by atoms with van der Waals surface area (Å²) in [5, 5.41) is 38.0. The topological polar surface area (TPSA) is 231 Å². The molecule has 0 spiro atoms. The molecular weight excluding hydrogens is 827 g/mol. The number of Topliss-reactive ketones (excluding diaryl/α,β-unsaturated/α-hetero) is 1. The molecule has 4 N–H and O–H groups in total. The van der Waals surface area contributed by atoms with E-state index in [0.29, 0.717) is 12.8 Å². The van der Waals surface area contributed by atoms with Gasteiger partial charge in [0.1, 0.15) is 29.5 Å². The van der Waals surface area contributed by atoms with Crippen LogP contribution in [-0.4, -0.2) is 123 Å². The van der Waals surface area contributed by atoms with Crippen LogP contribution in [0.2, 0.25) is 0 Å².